The molecule has 0 aliphatic carbocycles. The molecule has 0 spiro atoms. The van der Waals surface area contributed by atoms with Crippen LogP contribution in [0.25, 0.3) is 21.8 Å². The summed E-state index contributed by atoms with van der Waals surface area (Å²) in [5.41, 5.74) is 1.95. The van der Waals surface area contributed by atoms with Crippen molar-refractivity contribution in [3.63, 3.8) is 0 Å². The number of pyridine rings is 2. The van der Waals surface area contributed by atoms with E-state index in [-0.39, 0.29) is 0 Å². The Morgan fingerprint density at radius 3 is 1.78 bits per heavy atom. The minimum atomic E-state index is 0.977. The number of benzene rings is 1. The Bertz CT molecular complexity index is 604. The first-order valence-corrected chi connectivity index (χ1v) is 6.06. The Morgan fingerprint density at radius 1 is 0.944 bits per heavy atom. The second kappa shape index (κ2) is 5.92. The van der Waals surface area contributed by atoms with Gasteiger partial charge in [0.1, 0.15) is 0 Å². The van der Waals surface area contributed by atoms with E-state index in [0.717, 1.165) is 28.2 Å². The lowest BCUT2D eigenvalue weighted by molar-refractivity contribution is 1.23. The topological polar surface area (TPSA) is 25.8 Å². The fourth-order valence-corrected chi connectivity index (χ4v) is 1.68. The van der Waals surface area contributed by atoms with Gasteiger partial charge in [-0.2, -0.15) is 0 Å². The van der Waals surface area contributed by atoms with Crippen LogP contribution in [0.4, 0.5) is 0 Å². The molecule has 18 heavy (non-hydrogen) atoms. The smallest absolute Gasteiger partial charge is 0.0964 e. The lowest BCUT2D eigenvalue weighted by Crippen LogP contribution is -1.83. The van der Waals surface area contributed by atoms with Crippen LogP contribution in [-0.4, -0.2) is 9.97 Å². The standard InChI is InChI=1S/C12H8N2.C4H8/c1-3-9-5-6-10-4-2-8-14-12(10)11(9)13-7-1;1-3-4-2/h1-8H;3H,1,4H2,2H3. The highest BCUT2D eigenvalue weighted by Crippen LogP contribution is 2.20. The molecule has 0 amide bonds. The van der Waals surface area contributed by atoms with E-state index in [1.54, 1.807) is 12.4 Å². The van der Waals surface area contributed by atoms with Crippen LogP contribution in [0.1, 0.15) is 13.3 Å². The van der Waals surface area contributed by atoms with Gasteiger partial charge in [0.2, 0.25) is 0 Å². The average Bonchev–Trinajstić information content (AvgIpc) is 2.47. The quantitative estimate of drug-likeness (QED) is 0.463. The lowest BCUT2D eigenvalue weighted by atomic mass is 10.1. The van der Waals surface area contributed by atoms with Crippen LogP contribution in [0.3, 0.4) is 0 Å². The summed E-state index contributed by atoms with van der Waals surface area (Å²) in [6, 6.07) is 12.1. The van der Waals surface area contributed by atoms with Crippen LogP contribution in [0.2, 0.25) is 0 Å². The average molecular weight is 236 g/mol. The van der Waals surface area contributed by atoms with E-state index >= 15 is 0 Å². The molecule has 0 fully saturated rings. The summed E-state index contributed by atoms with van der Waals surface area (Å²) in [6.07, 6.45) is 6.56. The third kappa shape index (κ3) is 2.54. The van der Waals surface area contributed by atoms with E-state index in [1.165, 1.54) is 0 Å². The molecule has 2 aromatic heterocycles. The van der Waals surface area contributed by atoms with Crippen molar-refractivity contribution in [2.75, 3.05) is 0 Å². The van der Waals surface area contributed by atoms with E-state index < -0.39 is 0 Å². The summed E-state index contributed by atoms with van der Waals surface area (Å²) < 4.78 is 0. The van der Waals surface area contributed by atoms with E-state index in [9.17, 15) is 0 Å². The molecule has 3 rings (SSSR count). The summed E-state index contributed by atoms with van der Waals surface area (Å²) in [6.45, 7) is 5.54. The lowest BCUT2D eigenvalue weighted by Gasteiger charge is -2.00. The van der Waals surface area contributed by atoms with Crippen LogP contribution < -0.4 is 0 Å². The van der Waals surface area contributed by atoms with Crippen LogP contribution in [0.5, 0.6) is 0 Å². The minimum absolute atomic E-state index is 0.977. The Balaban J connectivity index is 0.000000267. The number of rotatable bonds is 1. The van der Waals surface area contributed by atoms with Gasteiger partial charge in [-0.1, -0.05) is 37.3 Å². The predicted molar refractivity (Wildman–Crippen MR) is 77.5 cm³/mol. The zero-order chi connectivity index (χ0) is 12.8. The molecule has 0 radical (unpaired) electrons. The SMILES string of the molecule is C=CCC.c1cnc2c(c1)ccc1cccnc12. The summed E-state index contributed by atoms with van der Waals surface area (Å²) in [7, 11) is 0. The first-order valence-electron chi connectivity index (χ1n) is 6.06. The summed E-state index contributed by atoms with van der Waals surface area (Å²) in [4.78, 5) is 8.69. The molecular weight excluding hydrogens is 220 g/mol. The molecule has 0 aliphatic heterocycles. The van der Waals surface area contributed by atoms with E-state index in [0.29, 0.717) is 0 Å². The molecule has 0 unspecified atom stereocenters. The molecule has 2 heterocycles. The minimum Gasteiger partial charge on any atom is -0.254 e. The first kappa shape index (κ1) is 12.2. The maximum absolute atomic E-state index is 4.35. The third-order valence-corrected chi connectivity index (χ3v) is 2.63. The molecule has 2 heteroatoms. The van der Waals surface area contributed by atoms with Crippen molar-refractivity contribution in [1.29, 1.82) is 0 Å². The van der Waals surface area contributed by atoms with Crippen molar-refractivity contribution >= 4 is 21.8 Å². The van der Waals surface area contributed by atoms with Crippen molar-refractivity contribution in [2.45, 2.75) is 13.3 Å². The van der Waals surface area contributed by atoms with Crippen molar-refractivity contribution in [3.8, 4) is 0 Å². The Morgan fingerprint density at radius 2 is 1.39 bits per heavy atom. The molecule has 0 saturated heterocycles. The number of hydrogen-bond acceptors (Lipinski definition) is 2. The van der Waals surface area contributed by atoms with Gasteiger partial charge in [0.25, 0.3) is 0 Å². The number of allylic oxidation sites excluding steroid dienone is 1. The molecule has 0 atom stereocenters. The Kier molecular flexibility index (Phi) is 4.02. The molecule has 0 saturated carbocycles. The summed E-state index contributed by atoms with van der Waals surface area (Å²) in [5, 5.41) is 2.28. The van der Waals surface area contributed by atoms with Gasteiger partial charge in [0.15, 0.2) is 0 Å². The molecule has 90 valence electrons. The first-order chi connectivity index (χ1) is 8.86. The van der Waals surface area contributed by atoms with E-state index in [1.807, 2.05) is 18.2 Å². The number of hydrogen-bond donors (Lipinski definition) is 0. The number of nitrogens with zero attached hydrogens (tertiary/aromatic N) is 2. The van der Waals surface area contributed by atoms with Gasteiger partial charge in [0, 0.05) is 23.2 Å². The fourth-order valence-electron chi connectivity index (χ4n) is 1.68. The van der Waals surface area contributed by atoms with Crippen LogP contribution in [0.15, 0.2) is 61.4 Å². The van der Waals surface area contributed by atoms with Gasteiger partial charge in [-0.25, -0.2) is 0 Å². The molecule has 0 bridgehead atoms. The van der Waals surface area contributed by atoms with Crippen molar-refractivity contribution < 1.29 is 0 Å². The van der Waals surface area contributed by atoms with Crippen molar-refractivity contribution in [2.24, 2.45) is 0 Å². The highest BCUT2D eigenvalue weighted by Gasteiger charge is 2.00. The molecule has 0 N–H and O–H groups in total. The van der Waals surface area contributed by atoms with Gasteiger partial charge in [0.05, 0.1) is 11.0 Å². The van der Waals surface area contributed by atoms with Crippen LogP contribution in [0, 0.1) is 0 Å². The highest BCUT2D eigenvalue weighted by molar-refractivity contribution is 6.02. The van der Waals surface area contributed by atoms with Gasteiger partial charge in [-0.05, 0) is 18.6 Å². The van der Waals surface area contributed by atoms with Gasteiger partial charge >= 0.3 is 0 Å². The number of aromatic nitrogens is 2. The van der Waals surface area contributed by atoms with E-state index in [4.69, 9.17) is 0 Å². The monoisotopic (exact) mass is 236 g/mol. The zero-order valence-corrected chi connectivity index (χ0v) is 10.5. The molecule has 0 aliphatic rings. The normalized spacial score (nSPS) is 9.83. The molecular formula is C16H16N2. The van der Waals surface area contributed by atoms with Crippen LogP contribution in [-0.2, 0) is 0 Å². The zero-order valence-electron chi connectivity index (χ0n) is 10.5. The number of fused-ring (bicyclic) bond motifs is 3. The van der Waals surface area contributed by atoms with Gasteiger partial charge in [-0.15, -0.1) is 6.58 Å². The van der Waals surface area contributed by atoms with Gasteiger partial charge in [-0.3, -0.25) is 9.97 Å². The largest absolute Gasteiger partial charge is 0.254 e. The molecule has 1 aromatic carbocycles. The second-order valence-electron chi connectivity index (χ2n) is 3.91. The Hall–Kier alpha value is -2.22. The van der Waals surface area contributed by atoms with Crippen molar-refractivity contribution in [3.05, 3.63) is 61.4 Å². The summed E-state index contributed by atoms with van der Waals surface area (Å²) >= 11 is 0. The van der Waals surface area contributed by atoms with Crippen LogP contribution >= 0.6 is 0 Å². The third-order valence-electron chi connectivity index (χ3n) is 2.63. The van der Waals surface area contributed by atoms with E-state index in [2.05, 4.69) is 47.7 Å². The predicted octanol–water partition coefficient (Wildman–Crippen LogP) is 4.37. The highest BCUT2D eigenvalue weighted by atomic mass is 14.7. The maximum atomic E-state index is 4.35. The maximum Gasteiger partial charge on any atom is 0.0964 e. The molecule has 3 aromatic rings. The second-order valence-corrected chi connectivity index (χ2v) is 3.91. The molecule has 2 nitrogen and oxygen atoms in total. The van der Waals surface area contributed by atoms with Crippen molar-refractivity contribution in [1.82, 2.24) is 9.97 Å². The Labute approximate surface area is 107 Å². The van der Waals surface area contributed by atoms with Gasteiger partial charge < -0.3 is 0 Å². The fraction of sp³-hybridized carbons (Fsp3) is 0.125. The summed E-state index contributed by atoms with van der Waals surface area (Å²) in [5.74, 6) is 0.